The second-order valence-electron chi connectivity index (χ2n) is 0.887. The van der Waals surface area contributed by atoms with E-state index >= 15 is 0 Å². The monoisotopic (exact) mass is 236 g/mol. The molecule has 0 fully saturated rings. The summed E-state index contributed by atoms with van der Waals surface area (Å²) in [6.07, 6.45) is 0. The molecule has 0 aliphatic heterocycles. The molecule has 0 rings (SSSR count). The van der Waals surface area contributed by atoms with Crippen molar-refractivity contribution in [1.82, 2.24) is 0 Å². The Hall–Kier alpha value is 1.88. The first-order valence-corrected chi connectivity index (χ1v) is 4.19. The number of rotatable bonds is 0. The van der Waals surface area contributed by atoms with Gasteiger partial charge in [-0.2, -0.15) is 14.0 Å². The molecule has 0 atom stereocenters. The molecule has 0 aromatic carbocycles. The second-order valence-corrected chi connectivity index (χ2v) is 2.66. The van der Waals surface area contributed by atoms with Gasteiger partial charge < -0.3 is 14.7 Å². The van der Waals surface area contributed by atoms with Gasteiger partial charge in [-0.25, -0.2) is 0 Å². The summed E-state index contributed by atoms with van der Waals surface area (Å²) in [5, 5.41) is 0. The van der Waals surface area contributed by atoms with Crippen LogP contribution in [0.2, 0.25) is 0 Å². The minimum Gasteiger partial charge on any atom is -0.756 e. The van der Waals surface area contributed by atoms with Gasteiger partial charge in [0.1, 0.15) is 0 Å². The van der Waals surface area contributed by atoms with Crippen molar-refractivity contribution in [2.75, 3.05) is 0 Å². The molecule has 0 radical (unpaired) electrons. The molecule has 0 bridgehead atoms. The second kappa shape index (κ2) is 7.30. The van der Waals surface area contributed by atoms with E-state index in [-0.39, 0.29) is 51.4 Å². The Morgan fingerprint density at radius 2 is 1.18 bits per heavy atom. The Labute approximate surface area is 106 Å². The third-order valence-electron chi connectivity index (χ3n) is 0. The smallest absolute Gasteiger partial charge is 0.756 e. The summed E-state index contributed by atoms with van der Waals surface area (Å²) in [4.78, 5) is 22.9. The average molecular weight is 237 g/mol. The topological polar surface area (TPSA) is 170 Å². The van der Waals surface area contributed by atoms with Gasteiger partial charge in [0.2, 0.25) is 0 Å². The maximum atomic E-state index is 8.77. The molecule has 8 nitrogen and oxygen atoms in total. The van der Waals surface area contributed by atoms with Crippen LogP contribution in [0.25, 0.3) is 0 Å². The quantitative estimate of drug-likeness (QED) is 0.275. The van der Waals surface area contributed by atoms with Crippen LogP contribution < -0.4 is 70.3 Å². The first-order chi connectivity index (χ1) is 4.00. The molecule has 0 aromatic heterocycles. The van der Waals surface area contributed by atoms with Gasteiger partial charge in [0.15, 0.2) is 0 Å². The molecule has 11 heteroatoms. The van der Waals surface area contributed by atoms with Crippen molar-refractivity contribution in [3.8, 4) is 0 Å². The maximum Gasteiger partial charge on any atom is 1.00 e. The van der Waals surface area contributed by atoms with Crippen molar-refractivity contribution in [1.29, 1.82) is 0 Å². The van der Waals surface area contributed by atoms with Crippen molar-refractivity contribution in [3.63, 3.8) is 0 Å². The maximum absolute atomic E-state index is 8.77. The molecule has 64 valence electrons. The van der Waals surface area contributed by atoms with Gasteiger partial charge in [0.25, 0.3) is 7.82 Å². The van der Waals surface area contributed by atoms with E-state index < -0.39 is 18.1 Å². The Bertz CT molecular complexity index is 106. The van der Waals surface area contributed by atoms with Crippen LogP contribution >= 0.6 is 7.82 Å². The standard InChI is InChI=1S/ClHO4.K.H3O4P/c2-1(3,4)5;;1-5(2,3)4/h(H,2,3,4,5);;(H3,1,2,3,4)/q;+1;/p-1. The predicted octanol–water partition coefficient (Wildman–Crippen LogP) is -8.68. The average Bonchev–Trinajstić information content (AvgIpc) is 1.12. The van der Waals surface area contributed by atoms with Crippen molar-refractivity contribution in [3.05, 3.63) is 0 Å². The first-order valence-electron chi connectivity index (χ1n) is 1.40. The molecule has 0 aliphatic carbocycles. The third kappa shape index (κ3) is 329. The summed E-state index contributed by atoms with van der Waals surface area (Å²) >= 11 is 0. The Morgan fingerprint density at radius 1 is 1.18 bits per heavy atom. The first kappa shape index (κ1) is 18.6. The molecule has 0 saturated carbocycles. The van der Waals surface area contributed by atoms with E-state index in [0.717, 1.165) is 0 Å². The van der Waals surface area contributed by atoms with E-state index in [1.165, 1.54) is 0 Å². The molecular formula is H3ClKO8P. The van der Waals surface area contributed by atoms with Crippen LogP contribution in [0.5, 0.6) is 0 Å². The summed E-state index contributed by atoms with van der Waals surface area (Å²) in [5.74, 6) is 0. The summed E-state index contributed by atoms with van der Waals surface area (Å²) in [6.45, 7) is 0. The zero-order valence-corrected chi connectivity index (χ0v) is 9.98. The van der Waals surface area contributed by atoms with E-state index in [1.807, 2.05) is 0 Å². The van der Waals surface area contributed by atoms with E-state index in [2.05, 4.69) is 0 Å². The summed E-state index contributed by atoms with van der Waals surface area (Å²) in [6, 6.07) is 0. The van der Waals surface area contributed by atoms with E-state index in [1.54, 1.807) is 0 Å². The number of hydrogen-bond donors (Lipinski definition) is 3. The number of hydrogen-bond acceptors (Lipinski definition) is 6. The largest absolute Gasteiger partial charge is 1.00 e. The Kier molecular flexibility index (Phi) is 12.4. The van der Waals surface area contributed by atoms with Crippen molar-refractivity contribution in [2.24, 2.45) is 0 Å². The Morgan fingerprint density at radius 3 is 1.18 bits per heavy atom. The molecule has 0 spiro atoms. The van der Waals surface area contributed by atoms with Crippen LogP contribution in [-0.2, 0) is 4.57 Å². The van der Waals surface area contributed by atoms with E-state index in [4.69, 9.17) is 37.9 Å². The summed E-state index contributed by atoms with van der Waals surface area (Å²) in [7, 11) is -9.58. The minimum absolute atomic E-state index is 0. The molecule has 0 unspecified atom stereocenters. The SMILES string of the molecule is O=P([O-])(O)O.[K+].[O-][Cl+3]([O-])([O-])O. The van der Waals surface area contributed by atoms with Crippen molar-refractivity contribution < 1.29 is 99.5 Å². The Balaban J connectivity index is -0.000000107. The van der Waals surface area contributed by atoms with Crippen LogP contribution in [0.3, 0.4) is 0 Å². The molecule has 0 saturated heterocycles. The number of phosphoric acid groups is 1. The van der Waals surface area contributed by atoms with Gasteiger partial charge in [-0.15, -0.1) is 0 Å². The predicted molar refractivity (Wildman–Crippen MR) is 14.3 cm³/mol. The van der Waals surface area contributed by atoms with Gasteiger partial charge in [-0.05, 0) is 0 Å². The normalized spacial score (nSPS) is 10.8. The van der Waals surface area contributed by atoms with Gasteiger partial charge in [-0.3, -0.25) is 4.57 Å². The third-order valence-corrected chi connectivity index (χ3v) is 0. The van der Waals surface area contributed by atoms with E-state index in [0.29, 0.717) is 0 Å². The molecule has 0 aliphatic rings. The molecular weight excluding hydrogens is 234 g/mol. The van der Waals surface area contributed by atoms with Crippen molar-refractivity contribution in [2.45, 2.75) is 0 Å². The van der Waals surface area contributed by atoms with Crippen LogP contribution in [0.4, 0.5) is 0 Å². The number of halogens is 1. The summed E-state index contributed by atoms with van der Waals surface area (Å²) < 4.78 is 41.5. The van der Waals surface area contributed by atoms with Gasteiger partial charge >= 0.3 is 51.4 Å². The molecule has 0 aromatic rings. The van der Waals surface area contributed by atoms with Crippen molar-refractivity contribution >= 4 is 7.82 Å². The van der Waals surface area contributed by atoms with Gasteiger partial charge in [0.05, 0.1) is 14.9 Å². The molecule has 3 N–H and O–H groups in total. The van der Waals surface area contributed by atoms with Crippen LogP contribution in [0.15, 0.2) is 0 Å². The van der Waals surface area contributed by atoms with E-state index in [9.17, 15) is 0 Å². The fraction of sp³-hybridized carbons (Fsp3) is 0. The zero-order valence-electron chi connectivity index (χ0n) is 5.21. The zero-order chi connectivity index (χ0) is 9.00. The molecule has 0 heterocycles. The minimum atomic E-state index is -4.89. The fourth-order valence-electron chi connectivity index (χ4n) is 0. The van der Waals surface area contributed by atoms with Crippen LogP contribution in [-0.4, -0.2) is 14.4 Å². The fourth-order valence-corrected chi connectivity index (χ4v) is 0. The van der Waals surface area contributed by atoms with Gasteiger partial charge in [0, 0.05) is 0 Å². The van der Waals surface area contributed by atoms with Crippen LogP contribution in [0, 0.1) is 10.2 Å². The summed E-state index contributed by atoms with van der Waals surface area (Å²) in [5.41, 5.74) is 0. The molecule has 0 amide bonds. The molecule has 11 heavy (non-hydrogen) atoms. The van der Waals surface area contributed by atoms with Gasteiger partial charge in [-0.1, -0.05) is 0 Å². The van der Waals surface area contributed by atoms with Crippen LogP contribution in [0.1, 0.15) is 0 Å².